The predicted octanol–water partition coefficient (Wildman–Crippen LogP) is 4.51. The molecule has 0 spiro atoms. The molecule has 0 heterocycles. The van der Waals surface area contributed by atoms with Crippen molar-refractivity contribution in [2.75, 3.05) is 0 Å². The Hall–Kier alpha value is -1.15. The van der Waals surface area contributed by atoms with Crippen molar-refractivity contribution in [2.24, 2.45) is 0 Å². The molecule has 0 bridgehead atoms. The van der Waals surface area contributed by atoms with E-state index in [1.54, 1.807) is 0 Å². The monoisotopic (exact) mass is 258 g/mol. The average Bonchev–Trinajstić information content (AvgIpc) is 2.14. The van der Waals surface area contributed by atoms with Crippen molar-refractivity contribution in [1.29, 1.82) is 0 Å². The summed E-state index contributed by atoms with van der Waals surface area (Å²) in [6, 6.07) is 0. The standard InChI is InChI=1S/C7H3F9/c1-2(8)3(9)6(13,14)7(15,16)4(10)5(11)12/h1H3/b3-2+. The topological polar surface area (TPSA) is 0 Å². The fourth-order valence-electron chi connectivity index (χ4n) is 0.611. The molecule has 94 valence electrons. The maximum Gasteiger partial charge on any atom is 0.372 e. The highest BCUT2D eigenvalue weighted by Gasteiger charge is 2.65. The van der Waals surface area contributed by atoms with E-state index in [0.717, 1.165) is 0 Å². The van der Waals surface area contributed by atoms with Gasteiger partial charge in [0.1, 0.15) is 5.83 Å². The van der Waals surface area contributed by atoms with Gasteiger partial charge in [0.2, 0.25) is 11.7 Å². The van der Waals surface area contributed by atoms with Crippen LogP contribution in [0.4, 0.5) is 39.5 Å². The summed E-state index contributed by atoms with van der Waals surface area (Å²) in [7, 11) is 0. The Morgan fingerprint density at radius 3 is 1.25 bits per heavy atom. The molecular weight excluding hydrogens is 255 g/mol. The first-order chi connectivity index (χ1) is 6.96. The van der Waals surface area contributed by atoms with Gasteiger partial charge in [-0.25, -0.2) is 8.78 Å². The summed E-state index contributed by atoms with van der Waals surface area (Å²) in [6.45, 7) is 0.0484. The molecular formula is C7H3F9. The third-order valence-electron chi connectivity index (χ3n) is 1.41. The smallest absolute Gasteiger partial charge is 0.209 e. The van der Waals surface area contributed by atoms with E-state index in [-0.39, 0.29) is 6.92 Å². The van der Waals surface area contributed by atoms with Crippen molar-refractivity contribution in [1.82, 2.24) is 0 Å². The van der Waals surface area contributed by atoms with Gasteiger partial charge in [0.15, 0.2) is 0 Å². The normalized spacial score (nSPS) is 14.6. The molecule has 0 fully saturated rings. The predicted molar refractivity (Wildman–Crippen MR) is 35.2 cm³/mol. The Morgan fingerprint density at radius 2 is 1.00 bits per heavy atom. The third kappa shape index (κ3) is 2.33. The second kappa shape index (κ2) is 4.38. The van der Waals surface area contributed by atoms with Crippen LogP contribution < -0.4 is 0 Å². The highest BCUT2D eigenvalue weighted by Crippen LogP contribution is 2.47. The van der Waals surface area contributed by atoms with E-state index in [4.69, 9.17) is 0 Å². The van der Waals surface area contributed by atoms with Gasteiger partial charge in [0.05, 0.1) is 0 Å². The highest BCUT2D eigenvalue weighted by atomic mass is 19.3. The van der Waals surface area contributed by atoms with Crippen LogP contribution in [-0.2, 0) is 0 Å². The van der Waals surface area contributed by atoms with Crippen LogP contribution in [0.2, 0.25) is 0 Å². The largest absolute Gasteiger partial charge is 0.372 e. The summed E-state index contributed by atoms with van der Waals surface area (Å²) < 4.78 is 109. The van der Waals surface area contributed by atoms with Crippen LogP contribution in [0, 0.1) is 0 Å². The first kappa shape index (κ1) is 14.8. The molecule has 0 amide bonds. The average molecular weight is 258 g/mol. The van der Waals surface area contributed by atoms with Crippen molar-refractivity contribution in [3.63, 3.8) is 0 Å². The minimum absolute atomic E-state index is 0.0484. The lowest BCUT2D eigenvalue weighted by Gasteiger charge is -2.23. The molecule has 0 aliphatic rings. The quantitative estimate of drug-likeness (QED) is 0.653. The van der Waals surface area contributed by atoms with Gasteiger partial charge in [-0.15, -0.1) is 0 Å². The molecule has 0 rings (SSSR count). The van der Waals surface area contributed by atoms with Crippen molar-refractivity contribution >= 4 is 0 Å². The van der Waals surface area contributed by atoms with Gasteiger partial charge in [-0.3, -0.25) is 0 Å². The van der Waals surface area contributed by atoms with Crippen LogP contribution in [0.5, 0.6) is 0 Å². The van der Waals surface area contributed by atoms with E-state index < -0.39 is 35.4 Å². The van der Waals surface area contributed by atoms with Gasteiger partial charge >= 0.3 is 17.9 Å². The lowest BCUT2D eigenvalue weighted by molar-refractivity contribution is -0.184. The minimum atomic E-state index is -6.16. The Morgan fingerprint density at radius 1 is 0.688 bits per heavy atom. The van der Waals surface area contributed by atoms with Crippen molar-refractivity contribution < 1.29 is 39.5 Å². The van der Waals surface area contributed by atoms with Crippen LogP contribution in [-0.4, -0.2) is 11.8 Å². The number of alkyl halides is 4. The number of hydrogen-bond acceptors (Lipinski definition) is 0. The van der Waals surface area contributed by atoms with E-state index in [9.17, 15) is 39.5 Å². The van der Waals surface area contributed by atoms with Gasteiger partial charge in [0, 0.05) is 0 Å². The maximum atomic E-state index is 12.4. The zero-order valence-electron chi connectivity index (χ0n) is 7.40. The van der Waals surface area contributed by atoms with E-state index >= 15 is 0 Å². The summed E-state index contributed by atoms with van der Waals surface area (Å²) in [5, 5.41) is 0. The second-order valence-corrected chi connectivity index (χ2v) is 2.57. The number of rotatable bonds is 3. The molecule has 0 atom stereocenters. The molecule has 0 saturated heterocycles. The lowest BCUT2D eigenvalue weighted by Crippen LogP contribution is -2.42. The number of allylic oxidation sites excluding steroid dienone is 3. The molecule has 0 aliphatic heterocycles. The summed E-state index contributed by atoms with van der Waals surface area (Å²) in [5.41, 5.74) is 0. The molecule has 16 heavy (non-hydrogen) atoms. The number of hydrogen-bond donors (Lipinski definition) is 0. The fourth-order valence-corrected chi connectivity index (χ4v) is 0.611. The molecule has 0 saturated carbocycles. The second-order valence-electron chi connectivity index (χ2n) is 2.57. The fraction of sp³-hybridized carbons (Fsp3) is 0.429. The lowest BCUT2D eigenvalue weighted by atomic mass is 10.1. The van der Waals surface area contributed by atoms with E-state index in [0.29, 0.717) is 0 Å². The van der Waals surface area contributed by atoms with Crippen molar-refractivity contribution in [2.45, 2.75) is 18.8 Å². The highest BCUT2D eigenvalue weighted by molar-refractivity contribution is 5.21. The first-order valence-corrected chi connectivity index (χ1v) is 3.45. The summed E-state index contributed by atoms with van der Waals surface area (Å²) >= 11 is 0. The molecule has 0 N–H and O–H groups in total. The van der Waals surface area contributed by atoms with E-state index in [1.807, 2.05) is 0 Å². The Labute approximate surface area is 83.0 Å². The molecule has 0 nitrogen and oxygen atoms in total. The third-order valence-corrected chi connectivity index (χ3v) is 1.41. The summed E-state index contributed by atoms with van der Waals surface area (Å²) in [4.78, 5) is 0. The molecule has 0 unspecified atom stereocenters. The van der Waals surface area contributed by atoms with Crippen LogP contribution in [0.25, 0.3) is 0 Å². The van der Waals surface area contributed by atoms with Crippen LogP contribution in [0.3, 0.4) is 0 Å². The maximum absolute atomic E-state index is 12.4. The van der Waals surface area contributed by atoms with Gasteiger partial charge in [-0.05, 0) is 6.92 Å². The molecule has 0 aromatic heterocycles. The minimum Gasteiger partial charge on any atom is -0.209 e. The van der Waals surface area contributed by atoms with Crippen LogP contribution in [0.1, 0.15) is 6.92 Å². The van der Waals surface area contributed by atoms with Gasteiger partial charge < -0.3 is 0 Å². The number of halogens is 9. The Balaban J connectivity index is 5.66. The van der Waals surface area contributed by atoms with Crippen molar-refractivity contribution in [3.05, 3.63) is 23.6 Å². The molecule has 0 radical (unpaired) electrons. The molecule has 0 aliphatic carbocycles. The van der Waals surface area contributed by atoms with Gasteiger partial charge in [-0.2, -0.15) is 30.7 Å². The SMILES string of the molecule is C/C(F)=C(\F)C(F)(F)C(F)(F)C(F)=C(F)F. The van der Waals surface area contributed by atoms with E-state index in [1.165, 1.54) is 0 Å². The molecule has 0 aromatic carbocycles. The zero-order chi connectivity index (χ0) is 13.3. The van der Waals surface area contributed by atoms with Crippen molar-refractivity contribution in [3.8, 4) is 0 Å². The van der Waals surface area contributed by atoms with Gasteiger partial charge in [0.25, 0.3) is 0 Å². The summed E-state index contributed by atoms with van der Waals surface area (Å²) in [6.07, 6.45) is -3.74. The Bertz CT molecular complexity index is 296. The molecule has 0 aromatic rings. The van der Waals surface area contributed by atoms with Gasteiger partial charge in [-0.1, -0.05) is 0 Å². The van der Waals surface area contributed by atoms with Crippen LogP contribution in [0.15, 0.2) is 23.6 Å². The molecule has 9 heteroatoms. The first-order valence-electron chi connectivity index (χ1n) is 3.45. The summed E-state index contributed by atoms with van der Waals surface area (Å²) in [5.74, 6) is -21.7. The van der Waals surface area contributed by atoms with E-state index in [2.05, 4.69) is 0 Å². The zero-order valence-corrected chi connectivity index (χ0v) is 7.40. The Kier molecular flexibility index (Phi) is 4.07. The van der Waals surface area contributed by atoms with Crippen LogP contribution >= 0.6 is 0 Å².